The van der Waals surface area contributed by atoms with Gasteiger partial charge in [-0.2, -0.15) is 0 Å². The molecule has 0 spiro atoms. The van der Waals surface area contributed by atoms with Crippen LogP contribution in [0.1, 0.15) is 79.1 Å². The molecule has 1 N–H and O–H groups in total. The molecule has 0 amide bonds. The van der Waals surface area contributed by atoms with Crippen LogP contribution in [0.2, 0.25) is 0 Å². The molecule has 0 aliphatic heterocycles. The summed E-state index contributed by atoms with van der Waals surface area (Å²) in [6.07, 6.45) is 9.50. The molecule has 0 radical (unpaired) electrons. The summed E-state index contributed by atoms with van der Waals surface area (Å²) < 4.78 is 0. The third-order valence-electron chi connectivity index (χ3n) is 2.87. The van der Waals surface area contributed by atoms with Gasteiger partial charge in [0, 0.05) is 0 Å². The second-order valence-electron chi connectivity index (χ2n) is 5.96. The van der Waals surface area contributed by atoms with Crippen LogP contribution in [-0.4, -0.2) is 11.2 Å². The highest BCUT2D eigenvalue weighted by atomic mass is 16.3. The van der Waals surface area contributed by atoms with E-state index in [9.17, 15) is 5.11 Å². The lowest BCUT2D eigenvalue weighted by molar-refractivity contribution is 0.133. The summed E-state index contributed by atoms with van der Waals surface area (Å²) in [7, 11) is 0. The van der Waals surface area contributed by atoms with Crippen LogP contribution in [-0.2, 0) is 0 Å². The molecule has 0 aromatic rings. The summed E-state index contributed by atoms with van der Waals surface area (Å²) in [6, 6.07) is 0. The Morgan fingerprint density at radius 1 is 0.933 bits per heavy atom. The maximum atomic E-state index is 9.77. The van der Waals surface area contributed by atoms with Gasteiger partial charge in [-0.25, -0.2) is 0 Å². The first-order valence-electron chi connectivity index (χ1n) is 6.64. The van der Waals surface area contributed by atoms with Crippen molar-refractivity contribution in [2.45, 2.75) is 85.2 Å². The fraction of sp³-hybridized carbons (Fsp3) is 1.00. The van der Waals surface area contributed by atoms with E-state index in [1.807, 2.05) is 0 Å². The van der Waals surface area contributed by atoms with Crippen molar-refractivity contribution in [3.8, 4) is 0 Å². The molecule has 15 heavy (non-hydrogen) atoms. The lowest BCUT2D eigenvalue weighted by Crippen LogP contribution is -2.12. The van der Waals surface area contributed by atoms with Gasteiger partial charge >= 0.3 is 0 Å². The number of rotatable bonds is 8. The van der Waals surface area contributed by atoms with E-state index in [4.69, 9.17) is 0 Å². The van der Waals surface area contributed by atoms with Gasteiger partial charge in [0.25, 0.3) is 0 Å². The van der Waals surface area contributed by atoms with Gasteiger partial charge < -0.3 is 5.11 Å². The maximum absolute atomic E-state index is 9.77. The quantitative estimate of drug-likeness (QED) is 0.588. The van der Waals surface area contributed by atoms with E-state index in [2.05, 4.69) is 27.7 Å². The smallest absolute Gasteiger partial charge is 0.0540 e. The third-order valence-corrected chi connectivity index (χ3v) is 2.87. The fourth-order valence-electron chi connectivity index (χ4n) is 1.73. The van der Waals surface area contributed by atoms with Crippen LogP contribution < -0.4 is 0 Å². The van der Waals surface area contributed by atoms with Crippen LogP contribution in [0.4, 0.5) is 0 Å². The van der Waals surface area contributed by atoms with E-state index in [1.165, 1.54) is 32.1 Å². The van der Waals surface area contributed by atoms with Crippen molar-refractivity contribution in [1.29, 1.82) is 0 Å². The summed E-state index contributed by atoms with van der Waals surface area (Å²) in [5.41, 5.74) is 0.364. The number of hydrogen-bond acceptors (Lipinski definition) is 1. The molecule has 0 saturated heterocycles. The molecule has 0 aliphatic rings. The molecule has 0 saturated carbocycles. The number of aliphatic hydroxyl groups is 1. The maximum Gasteiger partial charge on any atom is 0.0540 e. The Balaban J connectivity index is 3.30. The molecule has 1 atom stereocenters. The Bertz CT molecular complexity index is 135. The second-order valence-corrected chi connectivity index (χ2v) is 5.96. The molecule has 0 aliphatic carbocycles. The zero-order chi connectivity index (χ0) is 11.7. The number of unbranched alkanes of at least 4 members (excludes halogenated alkanes) is 4. The molecule has 0 fully saturated rings. The first kappa shape index (κ1) is 15.0. The van der Waals surface area contributed by atoms with Gasteiger partial charge in [0.1, 0.15) is 0 Å². The summed E-state index contributed by atoms with van der Waals surface area (Å²) in [5, 5.41) is 9.77. The standard InChI is InChI=1S/C14H30O/c1-5-6-7-8-9-10-13(15)11-12-14(2,3)4/h13,15H,5-12H2,1-4H3. The largest absolute Gasteiger partial charge is 0.393 e. The van der Waals surface area contributed by atoms with Crippen LogP contribution in [0.5, 0.6) is 0 Å². The van der Waals surface area contributed by atoms with Crippen molar-refractivity contribution in [2.75, 3.05) is 0 Å². The number of hydrogen-bond donors (Lipinski definition) is 1. The molecule has 0 bridgehead atoms. The summed E-state index contributed by atoms with van der Waals surface area (Å²) in [5.74, 6) is 0. The lowest BCUT2D eigenvalue weighted by Gasteiger charge is -2.20. The Morgan fingerprint density at radius 2 is 1.53 bits per heavy atom. The monoisotopic (exact) mass is 214 g/mol. The summed E-state index contributed by atoms with van der Waals surface area (Å²) >= 11 is 0. The minimum absolute atomic E-state index is 0.0640. The minimum Gasteiger partial charge on any atom is -0.393 e. The van der Waals surface area contributed by atoms with E-state index in [0.717, 1.165) is 19.3 Å². The van der Waals surface area contributed by atoms with E-state index < -0.39 is 0 Å². The molecule has 0 rings (SSSR count). The molecular weight excluding hydrogens is 184 g/mol. The van der Waals surface area contributed by atoms with E-state index in [0.29, 0.717) is 5.41 Å². The average Bonchev–Trinajstić information content (AvgIpc) is 2.13. The van der Waals surface area contributed by atoms with Gasteiger partial charge in [-0.15, -0.1) is 0 Å². The second kappa shape index (κ2) is 8.15. The van der Waals surface area contributed by atoms with Gasteiger partial charge in [0.05, 0.1) is 6.10 Å². The summed E-state index contributed by atoms with van der Waals surface area (Å²) in [6.45, 7) is 8.95. The van der Waals surface area contributed by atoms with Crippen LogP contribution in [0.15, 0.2) is 0 Å². The van der Waals surface area contributed by atoms with E-state index in [1.54, 1.807) is 0 Å². The average molecular weight is 214 g/mol. The Kier molecular flexibility index (Phi) is 8.13. The van der Waals surface area contributed by atoms with Crippen LogP contribution in [0.25, 0.3) is 0 Å². The normalized spacial score (nSPS) is 14.2. The first-order valence-corrected chi connectivity index (χ1v) is 6.64. The van der Waals surface area contributed by atoms with Gasteiger partial charge in [-0.1, -0.05) is 59.8 Å². The van der Waals surface area contributed by atoms with Crippen molar-refractivity contribution in [2.24, 2.45) is 5.41 Å². The molecule has 1 nitrogen and oxygen atoms in total. The Morgan fingerprint density at radius 3 is 2.07 bits per heavy atom. The van der Waals surface area contributed by atoms with E-state index >= 15 is 0 Å². The van der Waals surface area contributed by atoms with Crippen LogP contribution in [0.3, 0.4) is 0 Å². The fourth-order valence-corrected chi connectivity index (χ4v) is 1.73. The number of aliphatic hydroxyl groups excluding tert-OH is 1. The molecule has 0 aromatic carbocycles. The highest BCUT2D eigenvalue weighted by molar-refractivity contribution is 4.65. The van der Waals surface area contributed by atoms with Gasteiger partial charge in [0.2, 0.25) is 0 Å². The third kappa shape index (κ3) is 11.9. The van der Waals surface area contributed by atoms with Crippen molar-refractivity contribution < 1.29 is 5.11 Å². The Labute approximate surface area is 96.3 Å². The SMILES string of the molecule is CCCCCCCC(O)CCC(C)(C)C. The highest BCUT2D eigenvalue weighted by Crippen LogP contribution is 2.23. The molecule has 0 aromatic heterocycles. The zero-order valence-electron chi connectivity index (χ0n) is 11.2. The predicted octanol–water partition coefficient (Wildman–Crippen LogP) is 4.53. The molecular formula is C14H30O. The molecule has 92 valence electrons. The summed E-state index contributed by atoms with van der Waals surface area (Å²) in [4.78, 5) is 0. The molecule has 1 heteroatoms. The topological polar surface area (TPSA) is 20.2 Å². The van der Waals surface area contributed by atoms with Gasteiger partial charge in [-0.3, -0.25) is 0 Å². The van der Waals surface area contributed by atoms with Crippen molar-refractivity contribution in [3.05, 3.63) is 0 Å². The van der Waals surface area contributed by atoms with Crippen molar-refractivity contribution >= 4 is 0 Å². The van der Waals surface area contributed by atoms with Gasteiger partial charge in [-0.05, 0) is 24.7 Å². The van der Waals surface area contributed by atoms with Gasteiger partial charge in [0.15, 0.2) is 0 Å². The first-order chi connectivity index (χ1) is 6.95. The van der Waals surface area contributed by atoms with Crippen LogP contribution >= 0.6 is 0 Å². The highest BCUT2D eigenvalue weighted by Gasteiger charge is 2.13. The zero-order valence-corrected chi connectivity index (χ0v) is 11.2. The minimum atomic E-state index is -0.0640. The van der Waals surface area contributed by atoms with Crippen molar-refractivity contribution in [1.82, 2.24) is 0 Å². The Hall–Kier alpha value is -0.0400. The molecule has 1 unspecified atom stereocenters. The predicted molar refractivity (Wildman–Crippen MR) is 68.1 cm³/mol. The van der Waals surface area contributed by atoms with Crippen molar-refractivity contribution in [3.63, 3.8) is 0 Å². The van der Waals surface area contributed by atoms with E-state index in [-0.39, 0.29) is 6.10 Å². The van der Waals surface area contributed by atoms with Crippen LogP contribution in [0, 0.1) is 5.41 Å². The lowest BCUT2D eigenvalue weighted by atomic mass is 9.88. The molecule has 0 heterocycles.